The summed E-state index contributed by atoms with van der Waals surface area (Å²) < 4.78 is 0. The van der Waals surface area contributed by atoms with Crippen molar-refractivity contribution in [2.24, 2.45) is 0 Å². The monoisotopic (exact) mass is 922 g/mol. The van der Waals surface area contributed by atoms with Crippen LogP contribution < -0.4 is 5.32 Å². The Kier molecular flexibility index (Phi) is 53.4. The van der Waals surface area contributed by atoms with Crippen LogP contribution in [0, 0.1) is 0 Å². The van der Waals surface area contributed by atoms with Gasteiger partial charge in [0.2, 0.25) is 5.91 Å². The Morgan fingerprint density at radius 3 is 0.955 bits per heavy atom. The smallest absolute Gasteiger partial charge is 0.220 e. The van der Waals surface area contributed by atoms with Crippen molar-refractivity contribution in [2.75, 3.05) is 6.61 Å². The maximum atomic E-state index is 12.5. The largest absolute Gasteiger partial charge is 0.394 e. The van der Waals surface area contributed by atoms with Gasteiger partial charge in [0.05, 0.1) is 18.8 Å². The first-order valence-corrected chi connectivity index (χ1v) is 27.5. The molecular weight excluding hydrogens is 819 g/mol. The van der Waals surface area contributed by atoms with Crippen molar-refractivity contribution in [1.29, 1.82) is 0 Å². The summed E-state index contributed by atoms with van der Waals surface area (Å²) >= 11 is 0. The second-order valence-electron chi connectivity index (χ2n) is 17.9. The number of allylic oxidation sites excluding steroid dienone is 24. The van der Waals surface area contributed by atoms with E-state index >= 15 is 0 Å². The number of hydrogen-bond acceptors (Lipinski definition) is 3. The standard InChI is InChI=1S/C63H103NO3/c1-3-5-7-9-11-13-15-17-19-21-22-23-24-25-26-27-28-29-30-31-32-33-34-35-36-37-38-39-40-41-42-43-45-47-49-51-53-55-57-59-63(67)64-61(60-65)62(66)58-56-54-52-50-48-46-44-20-18-16-14-12-10-8-6-4-2/h5,7,11,13,17,19,22-23,25-26,28-29,31-32,34-35,37-38,40-41,43,45,49,51,61-62,65-66H,3-4,6,8-10,12,14-16,18,20-21,24,27,30,33,36,39,42,44,46-48,50,52-60H2,1-2H3,(H,64,67)/b7-5-,13-11-,19-17-,23-22-,26-25-,29-28-,32-31-,35-34-,38-37-,41-40-,45-43-,51-49-. The van der Waals surface area contributed by atoms with Crippen molar-refractivity contribution in [3.8, 4) is 0 Å². The maximum absolute atomic E-state index is 12.5. The summed E-state index contributed by atoms with van der Waals surface area (Å²) in [7, 11) is 0. The molecule has 0 saturated carbocycles. The summed E-state index contributed by atoms with van der Waals surface area (Å²) in [6.45, 7) is 4.22. The van der Waals surface area contributed by atoms with Gasteiger partial charge < -0.3 is 15.5 Å². The van der Waals surface area contributed by atoms with Gasteiger partial charge in [0.25, 0.3) is 0 Å². The molecule has 0 fully saturated rings. The first kappa shape index (κ1) is 63.3. The lowest BCUT2D eigenvalue weighted by atomic mass is 10.0. The van der Waals surface area contributed by atoms with E-state index in [1.54, 1.807) is 0 Å². The Bertz CT molecular complexity index is 1420. The number of carbonyl (C=O) groups is 1. The zero-order valence-electron chi connectivity index (χ0n) is 43.4. The minimum Gasteiger partial charge on any atom is -0.394 e. The topological polar surface area (TPSA) is 69.6 Å². The third-order valence-corrected chi connectivity index (χ3v) is 11.6. The van der Waals surface area contributed by atoms with Gasteiger partial charge in [0.1, 0.15) is 0 Å². The number of aliphatic hydroxyl groups is 2. The van der Waals surface area contributed by atoms with E-state index in [-0.39, 0.29) is 12.5 Å². The fourth-order valence-electron chi connectivity index (χ4n) is 7.46. The van der Waals surface area contributed by atoms with Crippen LogP contribution in [0.3, 0.4) is 0 Å². The lowest BCUT2D eigenvalue weighted by Crippen LogP contribution is -2.45. The lowest BCUT2D eigenvalue weighted by molar-refractivity contribution is -0.123. The molecule has 0 rings (SSSR count). The van der Waals surface area contributed by atoms with E-state index in [0.29, 0.717) is 12.8 Å². The molecule has 67 heavy (non-hydrogen) atoms. The molecule has 0 radical (unpaired) electrons. The molecule has 0 aromatic rings. The summed E-state index contributed by atoms with van der Waals surface area (Å²) in [5, 5.41) is 23.2. The van der Waals surface area contributed by atoms with Crippen molar-refractivity contribution < 1.29 is 15.0 Å². The first-order valence-electron chi connectivity index (χ1n) is 27.5. The van der Waals surface area contributed by atoms with E-state index in [4.69, 9.17) is 0 Å². The predicted octanol–water partition coefficient (Wildman–Crippen LogP) is 18.4. The van der Waals surface area contributed by atoms with E-state index in [9.17, 15) is 15.0 Å². The molecule has 0 aromatic heterocycles. The van der Waals surface area contributed by atoms with E-state index in [1.165, 1.54) is 89.9 Å². The Hall–Kier alpha value is -3.73. The van der Waals surface area contributed by atoms with Crippen LogP contribution in [0.2, 0.25) is 0 Å². The predicted molar refractivity (Wildman–Crippen MR) is 298 cm³/mol. The average Bonchev–Trinajstić information content (AvgIpc) is 3.33. The van der Waals surface area contributed by atoms with E-state index in [2.05, 4.69) is 165 Å². The molecule has 0 aromatic carbocycles. The molecule has 4 heteroatoms. The number of amides is 1. The number of unbranched alkanes of at least 4 members (excludes halogenated alkanes) is 17. The minimum absolute atomic E-state index is 0.0790. The van der Waals surface area contributed by atoms with E-state index in [1.807, 2.05) is 0 Å². The Morgan fingerprint density at radius 2 is 0.657 bits per heavy atom. The van der Waals surface area contributed by atoms with Gasteiger partial charge in [0, 0.05) is 6.42 Å². The highest BCUT2D eigenvalue weighted by atomic mass is 16.3. The number of hydrogen-bond donors (Lipinski definition) is 3. The molecule has 2 unspecified atom stereocenters. The van der Waals surface area contributed by atoms with Gasteiger partial charge in [0.15, 0.2) is 0 Å². The second kappa shape index (κ2) is 56.6. The van der Waals surface area contributed by atoms with Crippen LogP contribution in [-0.4, -0.2) is 34.9 Å². The zero-order valence-corrected chi connectivity index (χ0v) is 43.4. The van der Waals surface area contributed by atoms with E-state index in [0.717, 1.165) is 109 Å². The van der Waals surface area contributed by atoms with Gasteiger partial charge in [-0.15, -0.1) is 0 Å². The molecule has 0 aliphatic heterocycles. The lowest BCUT2D eigenvalue weighted by Gasteiger charge is -2.22. The van der Waals surface area contributed by atoms with Crippen LogP contribution in [0.1, 0.15) is 226 Å². The third kappa shape index (κ3) is 53.1. The van der Waals surface area contributed by atoms with Crippen LogP contribution in [0.15, 0.2) is 146 Å². The summed E-state index contributed by atoms with van der Waals surface area (Å²) in [6.07, 6.45) is 89.6. The molecule has 3 N–H and O–H groups in total. The zero-order chi connectivity index (χ0) is 48.5. The summed E-state index contributed by atoms with van der Waals surface area (Å²) in [5.74, 6) is -0.0790. The summed E-state index contributed by atoms with van der Waals surface area (Å²) in [5.41, 5.74) is 0. The van der Waals surface area contributed by atoms with Gasteiger partial charge in [-0.25, -0.2) is 0 Å². The van der Waals surface area contributed by atoms with Gasteiger partial charge in [-0.3, -0.25) is 4.79 Å². The number of rotatable bonds is 48. The highest BCUT2D eigenvalue weighted by Gasteiger charge is 2.20. The van der Waals surface area contributed by atoms with Crippen LogP contribution in [0.25, 0.3) is 0 Å². The first-order chi connectivity index (χ1) is 33.2. The molecule has 0 spiro atoms. The van der Waals surface area contributed by atoms with Crippen LogP contribution in [0.5, 0.6) is 0 Å². The highest BCUT2D eigenvalue weighted by Crippen LogP contribution is 2.15. The molecule has 0 bridgehead atoms. The van der Waals surface area contributed by atoms with Crippen LogP contribution in [-0.2, 0) is 4.79 Å². The van der Waals surface area contributed by atoms with Crippen molar-refractivity contribution >= 4 is 5.91 Å². The minimum atomic E-state index is -0.688. The van der Waals surface area contributed by atoms with Gasteiger partial charge in [-0.05, 0) is 103 Å². The fourth-order valence-corrected chi connectivity index (χ4v) is 7.46. The Balaban J connectivity index is 3.71. The highest BCUT2D eigenvalue weighted by molar-refractivity contribution is 5.76. The molecular formula is C63H103NO3. The van der Waals surface area contributed by atoms with Gasteiger partial charge >= 0.3 is 0 Å². The van der Waals surface area contributed by atoms with Crippen molar-refractivity contribution in [2.45, 2.75) is 238 Å². The average molecular weight is 923 g/mol. The number of aliphatic hydroxyl groups excluding tert-OH is 2. The number of carbonyl (C=O) groups excluding carboxylic acids is 1. The van der Waals surface area contributed by atoms with E-state index < -0.39 is 12.1 Å². The molecule has 4 nitrogen and oxygen atoms in total. The molecule has 0 aliphatic carbocycles. The van der Waals surface area contributed by atoms with Crippen molar-refractivity contribution in [1.82, 2.24) is 5.32 Å². The van der Waals surface area contributed by atoms with Crippen LogP contribution in [0.4, 0.5) is 0 Å². The number of nitrogens with one attached hydrogen (secondary N) is 1. The molecule has 1 amide bonds. The molecule has 378 valence electrons. The summed E-state index contributed by atoms with van der Waals surface area (Å²) in [6, 6.07) is -0.570. The molecule has 0 aliphatic rings. The second-order valence-corrected chi connectivity index (χ2v) is 17.9. The van der Waals surface area contributed by atoms with Gasteiger partial charge in [-0.2, -0.15) is 0 Å². The Morgan fingerprint density at radius 1 is 0.373 bits per heavy atom. The molecule has 0 saturated heterocycles. The quantitative estimate of drug-likeness (QED) is 0.0421. The summed E-state index contributed by atoms with van der Waals surface area (Å²) in [4.78, 5) is 12.5. The normalized spacial score (nSPS) is 14.0. The molecule has 0 heterocycles. The van der Waals surface area contributed by atoms with Gasteiger partial charge in [-0.1, -0.05) is 262 Å². The van der Waals surface area contributed by atoms with Crippen molar-refractivity contribution in [3.63, 3.8) is 0 Å². The maximum Gasteiger partial charge on any atom is 0.220 e. The third-order valence-electron chi connectivity index (χ3n) is 11.6. The SMILES string of the molecule is CC/C=C\C/C=C\C/C=C\C/C=C\C/C=C\C/C=C\C/C=C\C/C=C\C/C=C\C/C=C\C/C=C\C/C=C\CCCCC(=O)NC(CO)C(O)CCCCCCCCCCCCCCCCCC. The fraction of sp³-hybridized carbons (Fsp3) is 0.603. The molecule has 2 atom stereocenters. The van der Waals surface area contributed by atoms with Crippen molar-refractivity contribution in [3.05, 3.63) is 146 Å². The van der Waals surface area contributed by atoms with Crippen LogP contribution >= 0.6 is 0 Å². The Labute approximate surface area is 414 Å².